The van der Waals surface area contributed by atoms with E-state index >= 15 is 0 Å². The van der Waals surface area contributed by atoms with Gasteiger partial charge in [0.2, 0.25) is 0 Å². The number of aliphatic hydroxyl groups excluding tert-OH is 1. The van der Waals surface area contributed by atoms with E-state index in [1.165, 1.54) is 12.1 Å². The predicted molar refractivity (Wildman–Crippen MR) is 77.4 cm³/mol. The van der Waals surface area contributed by atoms with Crippen LogP contribution in [0.3, 0.4) is 0 Å². The molecule has 1 aromatic carbocycles. The summed E-state index contributed by atoms with van der Waals surface area (Å²) in [6, 6.07) is 7.91. The third kappa shape index (κ3) is 4.19. The van der Waals surface area contributed by atoms with E-state index in [1.807, 2.05) is 0 Å². The monoisotopic (exact) mass is 330 g/mol. The molecule has 0 radical (unpaired) electrons. The lowest BCUT2D eigenvalue weighted by Gasteiger charge is -2.21. The van der Waals surface area contributed by atoms with E-state index in [4.69, 9.17) is 11.6 Å². The molecule has 0 aliphatic rings. The van der Waals surface area contributed by atoms with Crippen LogP contribution in [0.5, 0.6) is 0 Å². The van der Waals surface area contributed by atoms with Crippen molar-refractivity contribution in [3.05, 3.63) is 64.4 Å². The maximum Gasteiger partial charge on any atom is 0.416 e. The van der Waals surface area contributed by atoms with E-state index in [0.717, 1.165) is 6.07 Å². The van der Waals surface area contributed by atoms with Gasteiger partial charge in [-0.25, -0.2) is 0 Å². The Balaban J connectivity index is 2.24. The Hall–Kier alpha value is -1.63. The molecule has 0 bridgehead atoms. The van der Waals surface area contributed by atoms with Crippen LogP contribution in [0, 0.1) is 0 Å². The molecule has 2 N–H and O–H groups in total. The summed E-state index contributed by atoms with van der Waals surface area (Å²) >= 11 is 5.65. The highest BCUT2D eigenvalue weighted by Crippen LogP contribution is 2.36. The average Bonchev–Trinajstić information content (AvgIpc) is 2.49. The Morgan fingerprint density at radius 1 is 1.23 bits per heavy atom. The molecule has 1 heterocycles. The maximum atomic E-state index is 13.1. The lowest BCUT2D eigenvalue weighted by atomic mass is 10.00. The topological polar surface area (TPSA) is 45.1 Å². The number of benzene rings is 1. The lowest BCUT2D eigenvalue weighted by molar-refractivity contribution is -0.138. The van der Waals surface area contributed by atoms with Crippen LogP contribution in [-0.2, 0) is 12.7 Å². The summed E-state index contributed by atoms with van der Waals surface area (Å²) in [4.78, 5) is 4.08. The van der Waals surface area contributed by atoms with Crippen LogP contribution in [0.4, 0.5) is 13.2 Å². The van der Waals surface area contributed by atoms with Gasteiger partial charge in [0.05, 0.1) is 23.9 Å². The second kappa shape index (κ2) is 7.09. The van der Waals surface area contributed by atoms with Crippen molar-refractivity contribution in [1.29, 1.82) is 0 Å². The predicted octanol–water partition coefficient (Wildman–Crippen LogP) is 3.58. The number of nitrogens with zero attached hydrogens (tertiary/aromatic N) is 1. The summed E-state index contributed by atoms with van der Waals surface area (Å²) < 4.78 is 39.3. The molecule has 1 atom stereocenters. The summed E-state index contributed by atoms with van der Waals surface area (Å²) in [6.45, 7) is -0.233. The van der Waals surface area contributed by atoms with Crippen molar-refractivity contribution >= 4 is 11.6 Å². The van der Waals surface area contributed by atoms with Gasteiger partial charge in [-0.05, 0) is 29.8 Å². The summed E-state index contributed by atoms with van der Waals surface area (Å²) in [5.74, 6) is 0. The molecule has 1 aromatic heterocycles. The summed E-state index contributed by atoms with van der Waals surface area (Å²) in [7, 11) is 0. The van der Waals surface area contributed by atoms with Gasteiger partial charge in [-0.2, -0.15) is 13.2 Å². The average molecular weight is 331 g/mol. The highest BCUT2D eigenvalue weighted by molar-refractivity contribution is 6.30. The first-order valence-corrected chi connectivity index (χ1v) is 6.90. The van der Waals surface area contributed by atoms with Crippen molar-refractivity contribution in [3.8, 4) is 0 Å². The van der Waals surface area contributed by atoms with Crippen molar-refractivity contribution in [2.24, 2.45) is 0 Å². The van der Waals surface area contributed by atoms with Gasteiger partial charge in [0, 0.05) is 17.8 Å². The first kappa shape index (κ1) is 16.7. The van der Waals surface area contributed by atoms with E-state index in [2.05, 4.69) is 10.3 Å². The Bertz CT molecular complexity index is 620. The second-order valence-corrected chi connectivity index (χ2v) is 5.10. The molecule has 3 nitrogen and oxygen atoms in total. The smallest absolute Gasteiger partial charge is 0.394 e. The van der Waals surface area contributed by atoms with Gasteiger partial charge in [-0.1, -0.05) is 23.7 Å². The van der Waals surface area contributed by atoms with Gasteiger partial charge >= 0.3 is 6.18 Å². The van der Waals surface area contributed by atoms with Gasteiger partial charge in [-0.3, -0.25) is 4.98 Å². The van der Waals surface area contributed by atoms with Crippen molar-refractivity contribution < 1.29 is 18.3 Å². The molecule has 0 saturated carbocycles. The molecule has 0 unspecified atom stereocenters. The molecule has 0 fully saturated rings. The van der Waals surface area contributed by atoms with Crippen molar-refractivity contribution in [2.45, 2.75) is 18.8 Å². The highest BCUT2D eigenvalue weighted by atomic mass is 35.5. The van der Waals surface area contributed by atoms with Crippen LogP contribution in [0.2, 0.25) is 5.02 Å². The fourth-order valence-electron chi connectivity index (χ4n) is 2.08. The zero-order valence-corrected chi connectivity index (χ0v) is 12.2. The number of aliphatic hydroxyl groups is 1. The van der Waals surface area contributed by atoms with Crippen LogP contribution < -0.4 is 5.32 Å². The molecule has 0 saturated heterocycles. The largest absolute Gasteiger partial charge is 0.416 e. The number of hydrogen-bond donors (Lipinski definition) is 2. The normalized spacial score (nSPS) is 13.1. The van der Waals surface area contributed by atoms with Crippen LogP contribution in [0.25, 0.3) is 0 Å². The van der Waals surface area contributed by atoms with E-state index < -0.39 is 24.4 Å². The first-order valence-electron chi connectivity index (χ1n) is 6.52. The standard InChI is InChI=1S/C15H14ClF3N2O/c16-10-4-5-12(13(7-10)15(17,18)19)14(9-22)21-8-11-3-1-2-6-20-11/h1-7,14,21-22H,8-9H2/t14-/m1/s1. The van der Waals surface area contributed by atoms with E-state index in [1.54, 1.807) is 24.4 Å². The Morgan fingerprint density at radius 3 is 2.59 bits per heavy atom. The number of hydrogen-bond acceptors (Lipinski definition) is 3. The highest BCUT2D eigenvalue weighted by Gasteiger charge is 2.35. The first-order chi connectivity index (χ1) is 10.4. The third-order valence-electron chi connectivity index (χ3n) is 3.13. The van der Waals surface area contributed by atoms with Crippen molar-refractivity contribution in [2.75, 3.05) is 6.61 Å². The molecule has 7 heteroatoms. The number of alkyl halides is 3. The number of aromatic nitrogens is 1. The number of nitrogens with one attached hydrogen (secondary N) is 1. The molecule has 0 spiro atoms. The molecule has 0 aliphatic carbocycles. The van der Waals surface area contributed by atoms with Crippen LogP contribution in [0.15, 0.2) is 42.6 Å². The summed E-state index contributed by atoms with van der Waals surface area (Å²) in [5, 5.41) is 12.3. The van der Waals surface area contributed by atoms with Gasteiger partial charge in [0.25, 0.3) is 0 Å². The van der Waals surface area contributed by atoms with E-state index in [9.17, 15) is 18.3 Å². The minimum atomic E-state index is -4.54. The maximum absolute atomic E-state index is 13.1. The van der Waals surface area contributed by atoms with Gasteiger partial charge in [0.15, 0.2) is 0 Å². The van der Waals surface area contributed by atoms with Gasteiger partial charge < -0.3 is 10.4 Å². The molecular formula is C15H14ClF3N2O. The minimum absolute atomic E-state index is 0.00232. The van der Waals surface area contributed by atoms with Crippen LogP contribution >= 0.6 is 11.6 Å². The molecular weight excluding hydrogens is 317 g/mol. The summed E-state index contributed by atoms with van der Waals surface area (Å²) in [5.41, 5.74) is -0.230. The molecule has 22 heavy (non-hydrogen) atoms. The molecule has 118 valence electrons. The second-order valence-electron chi connectivity index (χ2n) is 4.67. The summed E-state index contributed by atoms with van der Waals surface area (Å²) in [6.07, 6.45) is -2.95. The van der Waals surface area contributed by atoms with E-state index in [-0.39, 0.29) is 17.1 Å². The Kier molecular flexibility index (Phi) is 5.39. The van der Waals surface area contributed by atoms with E-state index in [0.29, 0.717) is 5.69 Å². The fourth-order valence-corrected chi connectivity index (χ4v) is 2.25. The van der Waals surface area contributed by atoms with Crippen LogP contribution in [-0.4, -0.2) is 16.7 Å². The number of pyridine rings is 1. The molecule has 0 aliphatic heterocycles. The minimum Gasteiger partial charge on any atom is -0.394 e. The molecule has 2 aromatic rings. The molecule has 2 rings (SSSR count). The quantitative estimate of drug-likeness (QED) is 0.881. The van der Waals surface area contributed by atoms with Gasteiger partial charge in [0.1, 0.15) is 0 Å². The Morgan fingerprint density at radius 2 is 2.00 bits per heavy atom. The zero-order chi connectivity index (χ0) is 16.2. The SMILES string of the molecule is OC[C@@H](NCc1ccccn1)c1ccc(Cl)cc1C(F)(F)F. The van der Waals surface area contributed by atoms with Gasteiger partial charge in [-0.15, -0.1) is 0 Å². The molecule has 0 amide bonds. The fraction of sp³-hybridized carbons (Fsp3) is 0.267. The van der Waals surface area contributed by atoms with Crippen molar-refractivity contribution in [1.82, 2.24) is 10.3 Å². The lowest BCUT2D eigenvalue weighted by Crippen LogP contribution is -2.27. The van der Waals surface area contributed by atoms with Crippen molar-refractivity contribution in [3.63, 3.8) is 0 Å². The number of rotatable bonds is 5. The number of halogens is 4. The van der Waals surface area contributed by atoms with Crippen LogP contribution in [0.1, 0.15) is 22.9 Å². The third-order valence-corrected chi connectivity index (χ3v) is 3.37. The Labute approximate surface area is 130 Å². The zero-order valence-electron chi connectivity index (χ0n) is 11.4.